The Morgan fingerprint density at radius 1 is 1.07 bits per heavy atom. The van der Waals surface area contributed by atoms with Crippen LogP contribution >= 0.6 is 11.6 Å². The van der Waals surface area contributed by atoms with Crippen molar-refractivity contribution in [1.82, 2.24) is 0 Å². The van der Waals surface area contributed by atoms with Crippen molar-refractivity contribution in [2.45, 2.75) is 51.1 Å². The monoisotopic (exact) mass is 433 g/mol. The molecule has 0 unspecified atom stereocenters. The molecule has 0 radical (unpaired) electrons. The molecule has 30 heavy (non-hydrogen) atoms. The van der Waals surface area contributed by atoms with Crippen molar-refractivity contribution >= 4 is 17.4 Å². The van der Waals surface area contributed by atoms with E-state index in [9.17, 15) is 18.0 Å². The number of rotatable bonds is 6. The SMILES string of the molecule is N#Cc1cccc(CCC2CCC(CC(=O)c3cc(C(F)(F)F)ccc3Cl)CC2)c1. The average molecular weight is 434 g/mol. The van der Waals surface area contributed by atoms with Crippen LogP contribution in [0.3, 0.4) is 0 Å². The zero-order valence-corrected chi connectivity index (χ0v) is 17.3. The second-order valence-electron chi connectivity index (χ2n) is 8.06. The highest BCUT2D eigenvalue weighted by molar-refractivity contribution is 6.34. The molecule has 6 heteroatoms. The van der Waals surface area contributed by atoms with E-state index in [4.69, 9.17) is 16.9 Å². The first kappa shape index (κ1) is 22.4. The lowest BCUT2D eigenvalue weighted by atomic mass is 9.77. The first-order valence-corrected chi connectivity index (χ1v) is 10.5. The molecule has 2 aromatic rings. The summed E-state index contributed by atoms with van der Waals surface area (Å²) in [5.74, 6) is 0.434. The van der Waals surface area contributed by atoms with Gasteiger partial charge in [0.15, 0.2) is 5.78 Å². The molecule has 0 spiro atoms. The van der Waals surface area contributed by atoms with E-state index < -0.39 is 11.7 Å². The Bertz CT molecular complexity index is 940. The van der Waals surface area contributed by atoms with Crippen molar-refractivity contribution in [3.05, 3.63) is 69.7 Å². The van der Waals surface area contributed by atoms with Gasteiger partial charge in [0, 0.05) is 12.0 Å². The van der Waals surface area contributed by atoms with Gasteiger partial charge in [-0.3, -0.25) is 4.79 Å². The third-order valence-electron chi connectivity index (χ3n) is 5.93. The molecule has 0 bridgehead atoms. The second-order valence-corrected chi connectivity index (χ2v) is 8.46. The van der Waals surface area contributed by atoms with Gasteiger partial charge in [-0.15, -0.1) is 0 Å². The van der Waals surface area contributed by atoms with Crippen LogP contribution in [0.2, 0.25) is 5.02 Å². The van der Waals surface area contributed by atoms with E-state index in [1.54, 1.807) is 6.07 Å². The number of benzene rings is 2. The third-order valence-corrected chi connectivity index (χ3v) is 6.26. The molecule has 1 fully saturated rings. The van der Waals surface area contributed by atoms with Crippen LogP contribution in [0.4, 0.5) is 13.2 Å². The van der Waals surface area contributed by atoms with Crippen LogP contribution in [0.1, 0.15) is 65.6 Å². The molecule has 0 aliphatic heterocycles. The number of carbonyl (C=O) groups excluding carboxylic acids is 1. The normalized spacial score (nSPS) is 19.3. The Kier molecular flexibility index (Phi) is 7.20. The van der Waals surface area contributed by atoms with Crippen LogP contribution in [-0.2, 0) is 12.6 Å². The molecule has 3 rings (SSSR count). The Balaban J connectivity index is 1.51. The van der Waals surface area contributed by atoms with Crippen LogP contribution in [-0.4, -0.2) is 5.78 Å². The van der Waals surface area contributed by atoms with Crippen molar-refractivity contribution in [2.24, 2.45) is 11.8 Å². The molecule has 0 aromatic heterocycles. The van der Waals surface area contributed by atoms with E-state index >= 15 is 0 Å². The standard InChI is InChI=1S/C24H23ClF3NO/c25-22-11-10-20(24(26,27)28)14-21(22)23(30)13-18-8-5-16(6-9-18)4-7-17-2-1-3-19(12-17)15-29/h1-3,10-12,14,16,18H,4-9,13H2. The van der Waals surface area contributed by atoms with Crippen molar-refractivity contribution in [2.75, 3.05) is 0 Å². The molecule has 1 aliphatic rings. The van der Waals surface area contributed by atoms with E-state index in [1.165, 1.54) is 0 Å². The molecular weight excluding hydrogens is 411 g/mol. The minimum Gasteiger partial charge on any atom is -0.294 e. The fraction of sp³-hybridized carbons (Fsp3) is 0.417. The van der Waals surface area contributed by atoms with E-state index in [0.717, 1.165) is 62.3 Å². The van der Waals surface area contributed by atoms with E-state index in [-0.39, 0.29) is 28.7 Å². The predicted molar refractivity (Wildman–Crippen MR) is 110 cm³/mol. The third kappa shape index (κ3) is 5.86. The van der Waals surface area contributed by atoms with Gasteiger partial charge in [-0.2, -0.15) is 18.4 Å². The topological polar surface area (TPSA) is 40.9 Å². The first-order chi connectivity index (χ1) is 14.3. The molecular formula is C24H23ClF3NO. The van der Waals surface area contributed by atoms with Gasteiger partial charge in [-0.05, 0) is 73.4 Å². The number of hydrogen-bond acceptors (Lipinski definition) is 2. The molecule has 0 amide bonds. The number of ketones is 1. The lowest BCUT2D eigenvalue weighted by Gasteiger charge is -2.28. The molecule has 0 saturated heterocycles. The molecule has 0 atom stereocenters. The van der Waals surface area contributed by atoms with E-state index in [2.05, 4.69) is 6.07 Å². The Morgan fingerprint density at radius 2 is 1.77 bits per heavy atom. The maximum atomic E-state index is 12.9. The fourth-order valence-electron chi connectivity index (χ4n) is 4.18. The number of halogens is 4. The number of alkyl halides is 3. The summed E-state index contributed by atoms with van der Waals surface area (Å²) in [5.41, 5.74) is 0.943. The van der Waals surface area contributed by atoms with Crippen molar-refractivity contribution < 1.29 is 18.0 Å². The maximum absolute atomic E-state index is 12.9. The zero-order valence-electron chi connectivity index (χ0n) is 16.5. The van der Waals surface area contributed by atoms with Gasteiger partial charge in [-0.1, -0.05) is 36.6 Å². The zero-order chi connectivity index (χ0) is 21.7. The summed E-state index contributed by atoms with van der Waals surface area (Å²) < 4.78 is 38.8. The lowest BCUT2D eigenvalue weighted by molar-refractivity contribution is -0.137. The predicted octanol–water partition coefficient (Wildman–Crippen LogP) is 7.24. The maximum Gasteiger partial charge on any atom is 0.416 e. The Hall–Kier alpha value is -2.32. The summed E-state index contributed by atoms with van der Waals surface area (Å²) in [4.78, 5) is 12.6. The van der Waals surface area contributed by atoms with E-state index in [0.29, 0.717) is 11.5 Å². The van der Waals surface area contributed by atoms with Gasteiger partial charge in [0.1, 0.15) is 0 Å². The highest BCUT2D eigenvalue weighted by Crippen LogP contribution is 2.36. The van der Waals surface area contributed by atoms with Gasteiger partial charge in [-0.25, -0.2) is 0 Å². The molecule has 1 saturated carbocycles. The quantitative estimate of drug-likeness (QED) is 0.450. The highest BCUT2D eigenvalue weighted by Gasteiger charge is 2.32. The summed E-state index contributed by atoms with van der Waals surface area (Å²) in [6.45, 7) is 0. The van der Waals surface area contributed by atoms with Crippen LogP contribution in [0, 0.1) is 23.2 Å². The Labute approximate surface area is 179 Å². The number of nitrogens with zero attached hydrogens (tertiary/aromatic N) is 1. The van der Waals surface area contributed by atoms with Gasteiger partial charge in [0.2, 0.25) is 0 Å². The van der Waals surface area contributed by atoms with Crippen LogP contribution < -0.4 is 0 Å². The Morgan fingerprint density at radius 3 is 2.43 bits per heavy atom. The van der Waals surface area contributed by atoms with Gasteiger partial charge >= 0.3 is 6.18 Å². The highest BCUT2D eigenvalue weighted by atomic mass is 35.5. The number of hydrogen-bond donors (Lipinski definition) is 0. The smallest absolute Gasteiger partial charge is 0.294 e. The van der Waals surface area contributed by atoms with Crippen molar-refractivity contribution in [1.29, 1.82) is 5.26 Å². The summed E-state index contributed by atoms with van der Waals surface area (Å²) >= 11 is 5.99. The van der Waals surface area contributed by atoms with Gasteiger partial charge < -0.3 is 0 Å². The summed E-state index contributed by atoms with van der Waals surface area (Å²) in [5, 5.41) is 9.06. The lowest BCUT2D eigenvalue weighted by Crippen LogP contribution is -2.18. The largest absolute Gasteiger partial charge is 0.416 e. The molecule has 1 aliphatic carbocycles. The average Bonchev–Trinajstić information content (AvgIpc) is 2.73. The molecule has 2 nitrogen and oxygen atoms in total. The second kappa shape index (κ2) is 9.66. The van der Waals surface area contributed by atoms with Gasteiger partial charge in [0.25, 0.3) is 0 Å². The van der Waals surface area contributed by atoms with Crippen LogP contribution in [0.15, 0.2) is 42.5 Å². The summed E-state index contributed by atoms with van der Waals surface area (Å²) in [7, 11) is 0. The van der Waals surface area contributed by atoms with E-state index in [1.807, 2.05) is 18.2 Å². The number of nitriles is 1. The first-order valence-electron chi connectivity index (χ1n) is 10.1. The number of Topliss-reactive ketones (excluding diaryl/α,β-unsaturated/α-hetero) is 1. The van der Waals surface area contributed by atoms with Crippen LogP contribution in [0.5, 0.6) is 0 Å². The number of carbonyl (C=O) groups is 1. The molecule has 0 heterocycles. The van der Waals surface area contributed by atoms with Crippen LogP contribution in [0.25, 0.3) is 0 Å². The van der Waals surface area contributed by atoms with Crippen molar-refractivity contribution in [3.63, 3.8) is 0 Å². The minimum atomic E-state index is -4.50. The molecule has 0 N–H and O–H groups in total. The molecule has 158 valence electrons. The summed E-state index contributed by atoms with van der Waals surface area (Å²) in [6, 6.07) is 12.7. The van der Waals surface area contributed by atoms with Crippen molar-refractivity contribution in [3.8, 4) is 6.07 Å². The van der Waals surface area contributed by atoms with Gasteiger partial charge in [0.05, 0.1) is 22.2 Å². The fourth-order valence-corrected chi connectivity index (χ4v) is 4.40. The molecule has 2 aromatic carbocycles. The minimum absolute atomic E-state index is 0.0361. The number of aryl methyl sites for hydroxylation is 1. The summed E-state index contributed by atoms with van der Waals surface area (Å²) in [6.07, 6.45) is 1.50.